The average Bonchev–Trinajstić information content (AvgIpc) is 3.25. The largest absolute Gasteiger partial charge is 0.469 e. The quantitative estimate of drug-likeness (QED) is 0.517. The maximum absolute atomic E-state index is 14.2. The van der Waals surface area contributed by atoms with Crippen LogP contribution in [0.2, 0.25) is 0 Å². The number of hydrogen-bond acceptors (Lipinski definition) is 4. The second-order valence-corrected chi connectivity index (χ2v) is 9.53. The summed E-state index contributed by atoms with van der Waals surface area (Å²) in [5.41, 5.74) is 3.06. The molecule has 6 heteroatoms. The van der Waals surface area contributed by atoms with Gasteiger partial charge < -0.3 is 15.0 Å². The molecule has 1 aliphatic heterocycles. The Morgan fingerprint density at radius 1 is 0.833 bits per heavy atom. The number of ether oxygens (including phenoxy) is 1. The number of likely N-dealkylation sites (tertiary alicyclic amines) is 1. The lowest BCUT2D eigenvalue weighted by Gasteiger charge is -2.32. The molecule has 6 nitrogen and oxygen atoms in total. The molecule has 3 aromatic carbocycles. The number of aryl methyl sites for hydroxylation is 1. The van der Waals surface area contributed by atoms with Crippen LogP contribution in [0.5, 0.6) is 0 Å². The van der Waals surface area contributed by atoms with Crippen molar-refractivity contribution in [1.29, 1.82) is 0 Å². The van der Waals surface area contributed by atoms with E-state index in [0.717, 1.165) is 16.7 Å². The van der Waals surface area contributed by atoms with Crippen molar-refractivity contribution in [2.24, 2.45) is 5.92 Å². The standard InChI is InChI=1S/C30H32N2O4/c1-19(2)31-28(33)27-24(21-11-7-5-8-12-21)25(30(35)36-4)26(22-13-9-6-10-14-22)32(27)29(34)23-17-15-20(3)16-18-23/h5-19,24-27H,1-4H3,(H,31,33). The Morgan fingerprint density at radius 3 is 1.92 bits per heavy atom. The van der Waals surface area contributed by atoms with E-state index >= 15 is 0 Å². The van der Waals surface area contributed by atoms with E-state index in [2.05, 4.69) is 5.32 Å². The molecule has 4 rings (SSSR count). The van der Waals surface area contributed by atoms with Gasteiger partial charge in [0.15, 0.2) is 0 Å². The zero-order valence-electron chi connectivity index (χ0n) is 21.0. The monoisotopic (exact) mass is 484 g/mol. The van der Waals surface area contributed by atoms with Gasteiger partial charge >= 0.3 is 5.97 Å². The molecule has 4 atom stereocenters. The number of nitrogens with zero attached hydrogens (tertiary/aromatic N) is 1. The number of methoxy groups -OCH3 is 1. The Hall–Kier alpha value is -3.93. The maximum atomic E-state index is 14.2. The van der Waals surface area contributed by atoms with Crippen LogP contribution in [0.25, 0.3) is 0 Å². The molecule has 4 unspecified atom stereocenters. The first-order valence-corrected chi connectivity index (χ1v) is 12.2. The van der Waals surface area contributed by atoms with Crippen molar-refractivity contribution in [3.05, 3.63) is 107 Å². The van der Waals surface area contributed by atoms with Crippen molar-refractivity contribution in [1.82, 2.24) is 10.2 Å². The van der Waals surface area contributed by atoms with Crippen LogP contribution in [0.1, 0.15) is 52.9 Å². The topological polar surface area (TPSA) is 75.7 Å². The van der Waals surface area contributed by atoms with E-state index in [9.17, 15) is 14.4 Å². The predicted octanol–water partition coefficient (Wildman–Crippen LogP) is 4.66. The van der Waals surface area contributed by atoms with Crippen molar-refractivity contribution in [3.8, 4) is 0 Å². The van der Waals surface area contributed by atoms with E-state index in [1.54, 1.807) is 17.0 Å². The lowest BCUT2D eigenvalue weighted by molar-refractivity contribution is -0.146. The van der Waals surface area contributed by atoms with Gasteiger partial charge in [0, 0.05) is 17.5 Å². The van der Waals surface area contributed by atoms with Gasteiger partial charge in [-0.25, -0.2) is 0 Å². The van der Waals surface area contributed by atoms with Gasteiger partial charge in [-0.05, 0) is 44.0 Å². The molecule has 0 spiro atoms. The average molecular weight is 485 g/mol. The molecule has 2 amide bonds. The molecule has 0 aliphatic carbocycles. The first-order chi connectivity index (χ1) is 17.3. The number of hydrogen-bond donors (Lipinski definition) is 1. The molecule has 0 aromatic heterocycles. The van der Waals surface area contributed by atoms with Crippen molar-refractivity contribution in [2.75, 3.05) is 7.11 Å². The lowest BCUT2D eigenvalue weighted by atomic mass is 9.79. The molecule has 0 bridgehead atoms. The molecule has 0 radical (unpaired) electrons. The van der Waals surface area contributed by atoms with Gasteiger partial charge in [-0.3, -0.25) is 14.4 Å². The Balaban J connectivity index is 1.97. The molecular weight excluding hydrogens is 452 g/mol. The highest BCUT2D eigenvalue weighted by Crippen LogP contribution is 2.51. The van der Waals surface area contributed by atoms with Gasteiger partial charge in [0.05, 0.1) is 19.1 Å². The molecule has 1 N–H and O–H groups in total. The second-order valence-electron chi connectivity index (χ2n) is 9.53. The second kappa shape index (κ2) is 10.8. The van der Waals surface area contributed by atoms with Gasteiger partial charge in [-0.1, -0.05) is 78.4 Å². The molecule has 186 valence electrons. The number of amides is 2. The maximum Gasteiger partial charge on any atom is 0.311 e. The molecule has 1 saturated heterocycles. The minimum Gasteiger partial charge on any atom is -0.469 e. The summed E-state index contributed by atoms with van der Waals surface area (Å²) in [5.74, 6) is -2.44. The molecule has 0 saturated carbocycles. The predicted molar refractivity (Wildman–Crippen MR) is 138 cm³/mol. The summed E-state index contributed by atoms with van der Waals surface area (Å²) in [7, 11) is 1.35. The Bertz CT molecular complexity index is 1210. The van der Waals surface area contributed by atoms with E-state index in [-0.39, 0.29) is 17.9 Å². The minimum atomic E-state index is -0.919. The van der Waals surface area contributed by atoms with Crippen molar-refractivity contribution in [3.63, 3.8) is 0 Å². The molecule has 36 heavy (non-hydrogen) atoms. The number of carbonyl (C=O) groups excluding carboxylic acids is 3. The number of nitrogens with one attached hydrogen (secondary N) is 1. The third-order valence-electron chi connectivity index (χ3n) is 6.70. The van der Waals surface area contributed by atoms with Gasteiger partial charge in [0.25, 0.3) is 5.91 Å². The van der Waals surface area contributed by atoms with Crippen molar-refractivity contribution < 1.29 is 19.1 Å². The third-order valence-corrected chi connectivity index (χ3v) is 6.70. The molecule has 1 heterocycles. The fourth-order valence-corrected chi connectivity index (χ4v) is 5.16. The zero-order chi connectivity index (χ0) is 25.8. The number of esters is 1. The fourth-order valence-electron chi connectivity index (χ4n) is 5.16. The summed E-state index contributed by atoms with van der Waals surface area (Å²) < 4.78 is 5.29. The van der Waals surface area contributed by atoms with Crippen LogP contribution in [0, 0.1) is 12.8 Å². The molecule has 1 aliphatic rings. The number of benzene rings is 3. The lowest BCUT2D eigenvalue weighted by Crippen LogP contribution is -2.50. The van der Waals surface area contributed by atoms with Gasteiger partial charge in [0.1, 0.15) is 6.04 Å². The summed E-state index contributed by atoms with van der Waals surface area (Å²) in [6.07, 6.45) is 0. The summed E-state index contributed by atoms with van der Waals surface area (Å²) in [6, 6.07) is 24.4. The summed E-state index contributed by atoms with van der Waals surface area (Å²) in [4.78, 5) is 43.0. The van der Waals surface area contributed by atoms with Gasteiger partial charge in [0.2, 0.25) is 5.91 Å². The van der Waals surface area contributed by atoms with E-state index in [0.29, 0.717) is 5.56 Å². The van der Waals surface area contributed by atoms with Crippen molar-refractivity contribution in [2.45, 2.75) is 44.8 Å². The Labute approximate surface area is 212 Å². The first-order valence-electron chi connectivity index (χ1n) is 12.2. The first kappa shape index (κ1) is 25.2. The summed E-state index contributed by atoms with van der Waals surface area (Å²) in [5, 5.41) is 2.99. The van der Waals surface area contributed by atoms with Crippen LogP contribution in [-0.2, 0) is 14.3 Å². The highest BCUT2D eigenvalue weighted by atomic mass is 16.5. The summed E-state index contributed by atoms with van der Waals surface area (Å²) >= 11 is 0. The van der Waals surface area contributed by atoms with Crippen molar-refractivity contribution >= 4 is 17.8 Å². The Morgan fingerprint density at radius 2 is 1.39 bits per heavy atom. The Kier molecular flexibility index (Phi) is 7.53. The highest BCUT2D eigenvalue weighted by molar-refractivity contribution is 6.00. The van der Waals surface area contributed by atoms with E-state index in [1.807, 2.05) is 93.6 Å². The van der Waals surface area contributed by atoms with Gasteiger partial charge in [-0.2, -0.15) is 0 Å². The van der Waals surface area contributed by atoms with Crippen LogP contribution >= 0.6 is 0 Å². The summed E-state index contributed by atoms with van der Waals surface area (Å²) in [6.45, 7) is 5.71. The highest BCUT2D eigenvalue weighted by Gasteiger charge is 2.58. The molecule has 3 aromatic rings. The van der Waals surface area contributed by atoms with Crippen LogP contribution in [0.15, 0.2) is 84.9 Å². The zero-order valence-corrected chi connectivity index (χ0v) is 21.0. The van der Waals surface area contributed by atoms with Crippen LogP contribution in [0.4, 0.5) is 0 Å². The third kappa shape index (κ3) is 4.89. The van der Waals surface area contributed by atoms with E-state index in [1.165, 1.54) is 7.11 Å². The molecule has 1 fully saturated rings. The van der Waals surface area contributed by atoms with Crippen LogP contribution in [0.3, 0.4) is 0 Å². The normalized spacial score (nSPS) is 21.3. The number of rotatable bonds is 6. The molecular formula is C30H32N2O4. The minimum absolute atomic E-state index is 0.141. The SMILES string of the molecule is COC(=O)C1C(c2ccccc2)C(C(=O)NC(C)C)N(C(=O)c2ccc(C)cc2)C1c1ccccc1. The van der Waals surface area contributed by atoms with Gasteiger partial charge in [-0.15, -0.1) is 0 Å². The van der Waals surface area contributed by atoms with E-state index in [4.69, 9.17) is 4.74 Å². The smallest absolute Gasteiger partial charge is 0.311 e. The fraction of sp³-hybridized carbons (Fsp3) is 0.300. The van der Waals surface area contributed by atoms with E-state index < -0.39 is 29.9 Å². The van der Waals surface area contributed by atoms with Crippen LogP contribution < -0.4 is 5.32 Å². The number of carbonyl (C=O) groups is 3. The van der Waals surface area contributed by atoms with Crippen LogP contribution in [-0.4, -0.2) is 41.9 Å².